The fourth-order valence-corrected chi connectivity index (χ4v) is 4.54. The van der Waals surface area contributed by atoms with Crippen LogP contribution in [0.25, 0.3) is 0 Å². The Kier molecular flexibility index (Phi) is 6.06. The highest BCUT2D eigenvalue weighted by atomic mass is 32.2. The number of nitrogens with one attached hydrogen (secondary N) is 2. The molecule has 1 aliphatic heterocycles. The van der Waals surface area contributed by atoms with Crippen molar-refractivity contribution in [3.05, 3.63) is 65.7 Å². The molecule has 3 rings (SSSR count). The first-order valence-corrected chi connectivity index (χ1v) is 10.6. The third-order valence-corrected chi connectivity index (χ3v) is 6.29. The molecule has 0 saturated carbocycles. The lowest BCUT2D eigenvalue weighted by Crippen LogP contribution is -2.38. The van der Waals surface area contributed by atoms with Crippen LogP contribution in [0.1, 0.15) is 28.8 Å². The second-order valence-corrected chi connectivity index (χ2v) is 8.68. The molecule has 2 aromatic carbocycles. The molecule has 0 spiro atoms. The van der Waals surface area contributed by atoms with Crippen LogP contribution in [0, 0.1) is 5.92 Å². The van der Waals surface area contributed by atoms with E-state index in [4.69, 9.17) is 0 Å². The first-order valence-electron chi connectivity index (χ1n) is 8.90. The molecule has 26 heavy (non-hydrogen) atoms. The normalized spacial score (nSPS) is 17.6. The van der Waals surface area contributed by atoms with Crippen molar-refractivity contribution in [3.8, 4) is 0 Å². The Labute approximate surface area is 154 Å². The van der Waals surface area contributed by atoms with Gasteiger partial charge in [0.25, 0.3) is 5.91 Å². The smallest absolute Gasteiger partial charge is 0.251 e. The van der Waals surface area contributed by atoms with E-state index < -0.39 is 9.84 Å². The van der Waals surface area contributed by atoms with Crippen molar-refractivity contribution in [2.45, 2.75) is 23.5 Å². The topological polar surface area (TPSA) is 75.3 Å². The monoisotopic (exact) mass is 372 g/mol. The average molecular weight is 372 g/mol. The van der Waals surface area contributed by atoms with Crippen LogP contribution < -0.4 is 10.6 Å². The fourth-order valence-electron chi connectivity index (χ4n) is 3.15. The molecule has 6 heteroatoms. The highest BCUT2D eigenvalue weighted by Gasteiger charge is 2.18. The van der Waals surface area contributed by atoms with E-state index in [1.165, 1.54) is 6.07 Å². The van der Waals surface area contributed by atoms with Gasteiger partial charge in [0, 0.05) is 12.1 Å². The molecule has 0 radical (unpaired) electrons. The molecule has 1 saturated heterocycles. The van der Waals surface area contributed by atoms with Crippen molar-refractivity contribution in [1.29, 1.82) is 0 Å². The predicted octanol–water partition coefficient (Wildman–Crippen LogP) is 2.39. The van der Waals surface area contributed by atoms with Crippen LogP contribution in [0.2, 0.25) is 0 Å². The molecule has 0 bridgehead atoms. The second-order valence-electron chi connectivity index (χ2n) is 6.69. The van der Waals surface area contributed by atoms with E-state index in [9.17, 15) is 13.2 Å². The van der Waals surface area contributed by atoms with Crippen LogP contribution in [-0.2, 0) is 15.6 Å². The largest absolute Gasteiger partial charge is 0.352 e. The lowest BCUT2D eigenvalue weighted by atomic mass is 10.00. The summed E-state index contributed by atoms with van der Waals surface area (Å²) in [5, 5.41) is 6.24. The van der Waals surface area contributed by atoms with Gasteiger partial charge in [0.2, 0.25) is 0 Å². The zero-order valence-corrected chi connectivity index (χ0v) is 15.5. The van der Waals surface area contributed by atoms with E-state index in [0.29, 0.717) is 18.0 Å². The van der Waals surface area contributed by atoms with E-state index in [1.54, 1.807) is 30.3 Å². The molecule has 138 valence electrons. The van der Waals surface area contributed by atoms with Gasteiger partial charge >= 0.3 is 0 Å². The van der Waals surface area contributed by atoms with Crippen molar-refractivity contribution in [1.82, 2.24) is 10.6 Å². The maximum absolute atomic E-state index is 12.6. The Bertz CT molecular complexity index is 844. The Morgan fingerprint density at radius 2 is 1.92 bits per heavy atom. The molecule has 0 aromatic heterocycles. The van der Waals surface area contributed by atoms with Crippen molar-refractivity contribution in [2.24, 2.45) is 5.92 Å². The Morgan fingerprint density at radius 3 is 2.65 bits per heavy atom. The lowest BCUT2D eigenvalue weighted by molar-refractivity contribution is 0.0944. The molecule has 1 unspecified atom stereocenters. The Balaban J connectivity index is 1.67. The summed E-state index contributed by atoms with van der Waals surface area (Å²) < 4.78 is 25.3. The van der Waals surface area contributed by atoms with Gasteiger partial charge in [0.15, 0.2) is 9.84 Å². The first kappa shape index (κ1) is 18.6. The van der Waals surface area contributed by atoms with E-state index in [-0.39, 0.29) is 16.6 Å². The van der Waals surface area contributed by atoms with Gasteiger partial charge in [-0.2, -0.15) is 0 Å². The maximum Gasteiger partial charge on any atom is 0.251 e. The quantitative estimate of drug-likeness (QED) is 0.816. The third-order valence-electron chi connectivity index (χ3n) is 4.61. The molecular weight excluding hydrogens is 348 g/mol. The number of rotatable bonds is 6. The second kappa shape index (κ2) is 8.47. The third kappa shape index (κ3) is 4.93. The number of sulfone groups is 1. The molecule has 2 aromatic rings. The lowest BCUT2D eigenvalue weighted by Gasteiger charge is -2.22. The number of carbonyl (C=O) groups is 1. The van der Waals surface area contributed by atoms with Crippen LogP contribution in [0.3, 0.4) is 0 Å². The standard InChI is InChI=1S/C20H24N2O3S/c23-20(22-14-17-8-5-11-21-13-17)18-9-4-10-19(12-18)26(24,25)15-16-6-2-1-3-7-16/h1-4,6-7,9-10,12,17,21H,5,8,11,13-15H2,(H,22,23). The number of carbonyl (C=O) groups excluding carboxylic acids is 1. The summed E-state index contributed by atoms with van der Waals surface area (Å²) in [5.41, 5.74) is 1.11. The van der Waals surface area contributed by atoms with E-state index in [1.807, 2.05) is 18.2 Å². The molecule has 1 atom stereocenters. The summed E-state index contributed by atoms with van der Waals surface area (Å²) in [6, 6.07) is 15.3. The zero-order chi connectivity index (χ0) is 18.4. The van der Waals surface area contributed by atoms with Crippen LogP contribution in [0.4, 0.5) is 0 Å². The van der Waals surface area contributed by atoms with Gasteiger partial charge in [-0.15, -0.1) is 0 Å². The summed E-state index contributed by atoms with van der Waals surface area (Å²) in [4.78, 5) is 12.6. The molecule has 1 fully saturated rings. The molecule has 2 N–H and O–H groups in total. The van der Waals surface area contributed by atoms with Crippen LogP contribution in [0.15, 0.2) is 59.5 Å². The number of amides is 1. The predicted molar refractivity (Wildman–Crippen MR) is 102 cm³/mol. The number of hydrogen-bond acceptors (Lipinski definition) is 4. The highest BCUT2D eigenvalue weighted by Crippen LogP contribution is 2.18. The summed E-state index contributed by atoms with van der Waals surface area (Å²) in [6.07, 6.45) is 2.21. The average Bonchev–Trinajstić information content (AvgIpc) is 2.67. The summed E-state index contributed by atoms with van der Waals surface area (Å²) in [7, 11) is -3.49. The minimum atomic E-state index is -3.49. The van der Waals surface area contributed by atoms with Gasteiger partial charge in [-0.1, -0.05) is 36.4 Å². The van der Waals surface area contributed by atoms with Crippen molar-refractivity contribution in [2.75, 3.05) is 19.6 Å². The van der Waals surface area contributed by atoms with E-state index in [2.05, 4.69) is 10.6 Å². The summed E-state index contributed by atoms with van der Waals surface area (Å²) >= 11 is 0. The maximum atomic E-state index is 12.6. The SMILES string of the molecule is O=C(NCC1CCCNC1)c1cccc(S(=O)(=O)Cc2ccccc2)c1. The van der Waals surface area contributed by atoms with Crippen molar-refractivity contribution in [3.63, 3.8) is 0 Å². The van der Waals surface area contributed by atoms with Gasteiger partial charge in [0.05, 0.1) is 10.6 Å². The fraction of sp³-hybridized carbons (Fsp3) is 0.350. The molecule has 5 nitrogen and oxygen atoms in total. The van der Waals surface area contributed by atoms with Gasteiger partial charge < -0.3 is 10.6 Å². The number of piperidine rings is 1. The van der Waals surface area contributed by atoms with Crippen molar-refractivity contribution >= 4 is 15.7 Å². The van der Waals surface area contributed by atoms with Gasteiger partial charge in [-0.3, -0.25) is 4.79 Å². The van der Waals surface area contributed by atoms with Crippen LogP contribution in [-0.4, -0.2) is 34.0 Å². The summed E-state index contributed by atoms with van der Waals surface area (Å²) in [6.45, 7) is 2.55. The van der Waals surface area contributed by atoms with Crippen LogP contribution >= 0.6 is 0 Å². The number of benzene rings is 2. The molecule has 0 aliphatic carbocycles. The molecule has 1 aliphatic rings. The molecule has 1 heterocycles. The molecular formula is C20H24N2O3S. The molecule has 1 amide bonds. The Hall–Kier alpha value is -2.18. The van der Waals surface area contributed by atoms with Crippen molar-refractivity contribution < 1.29 is 13.2 Å². The summed E-state index contributed by atoms with van der Waals surface area (Å²) in [5.74, 6) is 0.122. The Morgan fingerprint density at radius 1 is 1.12 bits per heavy atom. The van der Waals surface area contributed by atoms with E-state index >= 15 is 0 Å². The van der Waals surface area contributed by atoms with E-state index in [0.717, 1.165) is 31.5 Å². The first-order chi connectivity index (χ1) is 12.5. The minimum absolute atomic E-state index is 0.0767. The number of hydrogen-bond donors (Lipinski definition) is 2. The zero-order valence-electron chi connectivity index (χ0n) is 14.6. The van der Waals surface area contributed by atoms with Gasteiger partial charge in [-0.05, 0) is 55.6 Å². The highest BCUT2D eigenvalue weighted by molar-refractivity contribution is 7.90. The minimum Gasteiger partial charge on any atom is -0.352 e. The van der Waals surface area contributed by atoms with Crippen LogP contribution in [0.5, 0.6) is 0 Å². The van der Waals surface area contributed by atoms with Gasteiger partial charge in [0.1, 0.15) is 0 Å². The van der Waals surface area contributed by atoms with Gasteiger partial charge in [-0.25, -0.2) is 8.42 Å².